The van der Waals surface area contributed by atoms with Crippen LogP contribution in [-0.2, 0) is 6.54 Å². The van der Waals surface area contributed by atoms with Gasteiger partial charge in [-0.2, -0.15) is 11.8 Å². The van der Waals surface area contributed by atoms with Gasteiger partial charge in [0.05, 0.1) is 0 Å². The molecule has 0 aromatic heterocycles. The van der Waals surface area contributed by atoms with E-state index in [1.165, 1.54) is 19.3 Å². The van der Waals surface area contributed by atoms with Crippen LogP contribution in [-0.4, -0.2) is 23.5 Å². The summed E-state index contributed by atoms with van der Waals surface area (Å²) in [6.07, 6.45) is 6.05. The number of carbonyl (C=O) groups excluding carboxylic acids is 1. The van der Waals surface area contributed by atoms with Gasteiger partial charge in [-0.1, -0.05) is 18.6 Å². The van der Waals surface area contributed by atoms with Gasteiger partial charge in [0.1, 0.15) is 0 Å². The van der Waals surface area contributed by atoms with Crippen LogP contribution < -0.4 is 11.1 Å². The molecule has 4 heteroatoms. The van der Waals surface area contributed by atoms with Crippen molar-refractivity contribution in [3.05, 3.63) is 35.4 Å². The summed E-state index contributed by atoms with van der Waals surface area (Å²) < 4.78 is 0. The van der Waals surface area contributed by atoms with E-state index in [2.05, 4.69) is 11.6 Å². The molecule has 0 saturated heterocycles. The van der Waals surface area contributed by atoms with Crippen molar-refractivity contribution in [3.8, 4) is 0 Å². The van der Waals surface area contributed by atoms with E-state index in [1.807, 2.05) is 30.0 Å². The minimum atomic E-state index is -0.361. The van der Waals surface area contributed by atoms with Crippen molar-refractivity contribution in [1.82, 2.24) is 5.32 Å². The maximum absolute atomic E-state index is 11.1. The van der Waals surface area contributed by atoms with Crippen LogP contribution in [0, 0.1) is 0 Å². The number of carbonyl (C=O) groups is 1. The Bertz CT molecular complexity index is 422. The van der Waals surface area contributed by atoms with Crippen molar-refractivity contribution in [2.75, 3.05) is 6.26 Å². The lowest BCUT2D eigenvalue weighted by Crippen LogP contribution is -2.33. The predicted octanol–water partition coefficient (Wildman–Crippen LogP) is 2.16. The maximum Gasteiger partial charge on any atom is 0.248 e. The summed E-state index contributed by atoms with van der Waals surface area (Å²) in [6.45, 7) is 0.808. The Kier molecular flexibility index (Phi) is 4.66. The lowest BCUT2D eigenvalue weighted by molar-refractivity contribution is 0.1000. The van der Waals surface area contributed by atoms with E-state index in [4.69, 9.17) is 5.73 Å². The fraction of sp³-hybridized carbons (Fsp3) is 0.500. The van der Waals surface area contributed by atoms with Crippen molar-refractivity contribution < 1.29 is 4.79 Å². The molecule has 1 amide bonds. The Balaban J connectivity index is 1.93. The quantitative estimate of drug-likeness (QED) is 0.857. The molecule has 2 rings (SSSR count). The second-order valence-corrected chi connectivity index (χ2v) is 5.83. The number of hydrogen-bond donors (Lipinski definition) is 2. The zero-order valence-electron chi connectivity index (χ0n) is 10.7. The number of benzene rings is 1. The monoisotopic (exact) mass is 264 g/mol. The highest BCUT2D eigenvalue weighted by atomic mass is 32.2. The van der Waals surface area contributed by atoms with Crippen LogP contribution in [0.2, 0.25) is 0 Å². The van der Waals surface area contributed by atoms with Crippen LogP contribution in [0.25, 0.3) is 0 Å². The lowest BCUT2D eigenvalue weighted by Gasteiger charge is -2.19. The molecule has 0 bridgehead atoms. The highest BCUT2D eigenvalue weighted by molar-refractivity contribution is 7.99. The van der Waals surface area contributed by atoms with Gasteiger partial charge in [-0.3, -0.25) is 4.79 Å². The molecule has 0 aliphatic heterocycles. The first kappa shape index (κ1) is 13.4. The first-order valence-corrected chi connectivity index (χ1v) is 7.64. The average molecular weight is 264 g/mol. The molecule has 1 saturated carbocycles. The summed E-state index contributed by atoms with van der Waals surface area (Å²) in [4.78, 5) is 11.1. The molecule has 1 aliphatic rings. The number of nitrogens with one attached hydrogen (secondary N) is 1. The van der Waals surface area contributed by atoms with E-state index in [-0.39, 0.29) is 5.91 Å². The minimum absolute atomic E-state index is 0.361. The summed E-state index contributed by atoms with van der Waals surface area (Å²) in [7, 11) is 0. The normalized spacial score (nSPS) is 23.2. The Morgan fingerprint density at radius 1 is 1.50 bits per heavy atom. The van der Waals surface area contributed by atoms with Crippen molar-refractivity contribution >= 4 is 17.7 Å². The molecule has 1 aromatic rings. The van der Waals surface area contributed by atoms with Gasteiger partial charge in [0.25, 0.3) is 0 Å². The second-order valence-electron chi connectivity index (χ2n) is 4.76. The van der Waals surface area contributed by atoms with Crippen LogP contribution in [0.5, 0.6) is 0 Å². The molecule has 2 atom stereocenters. The standard InChI is InChI=1S/C14H20N2OS/c1-18-13-7-3-6-12(13)16-9-10-4-2-5-11(8-10)14(15)17/h2,4-5,8,12-13,16H,3,6-7,9H2,1H3,(H2,15,17). The van der Waals surface area contributed by atoms with E-state index in [0.717, 1.165) is 17.4 Å². The van der Waals surface area contributed by atoms with Crippen LogP contribution in [0.15, 0.2) is 24.3 Å². The fourth-order valence-corrected chi connectivity index (χ4v) is 3.49. The predicted molar refractivity (Wildman–Crippen MR) is 76.7 cm³/mol. The maximum atomic E-state index is 11.1. The van der Waals surface area contributed by atoms with Crippen LogP contribution in [0.3, 0.4) is 0 Å². The molecule has 98 valence electrons. The Morgan fingerprint density at radius 3 is 3.06 bits per heavy atom. The van der Waals surface area contributed by atoms with E-state index in [0.29, 0.717) is 11.6 Å². The summed E-state index contributed by atoms with van der Waals surface area (Å²) in [6, 6.07) is 8.14. The molecular formula is C14H20N2OS. The van der Waals surface area contributed by atoms with Crippen molar-refractivity contribution in [2.45, 2.75) is 37.1 Å². The molecule has 3 nitrogen and oxygen atoms in total. The van der Waals surface area contributed by atoms with Gasteiger partial charge in [-0.15, -0.1) is 0 Å². The van der Waals surface area contributed by atoms with Gasteiger partial charge >= 0.3 is 0 Å². The van der Waals surface area contributed by atoms with Crippen molar-refractivity contribution in [1.29, 1.82) is 0 Å². The molecular weight excluding hydrogens is 244 g/mol. The minimum Gasteiger partial charge on any atom is -0.366 e. The largest absolute Gasteiger partial charge is 0.366 e. The molecule has 0 spiro atoms. The number of amides is 1. The van der Waals surface area contributed by atoms with E-state index >= 15 is 0 Å². The topological polar surface area (TPSA) is 55.1 Å². The first-order chi connectivity index (χ1) is 8.70. The van der Waals surface area contributed by atoms with Gasteiger partial charge in [0.15, 0.2) is 0 Å². The summed E-state index contributed by atoms with van der Waals surface area (Å²) in [5, 5.41) is 4.32. The summed E-state index contributed by atoms with van der Waals surface area (Å²) in [5.74, 6) is -0.361. The van der Waals surface area contributed by atoms with Crippen molar-refractivity contribution in [3.63, 3.8) is 0 Å². The molecule has 0 radical (unpaired) electrons. The Labute approximate surface area is 113 Å². The smallest absolute Gasteiger partial charge is 0.248 e. The summed E-state index contributed by atoms with van der Waals surface area (Å²) >= 11 is 1.95. The SMILES string of the molecule is CSC1CCCC1NCc1cccc(C(N)=O)c1. The number of nitrogens with two attached hydrogens (primary N) is 1. The van der Waals surface area contributed by atoms with E-state index in [1.54, 1.807) is 6.07 Å². The van der Waals surface area contributed by atoms with Crippen molar-refractivity contribution in [2.24, 2.45) is 5.73 Å². The van der Waals surface area contributed by atoms with Gasteiger partial charge < -0.3 is 11.1 Å². The molecule has 2 unspecified atom stereocenters. The molecule has 1 aliphatic carbocycles. The van der Waals surface area contributed by atoms with E-state index < -0.39 is 0 Å². The fourth-order valence-electron chi connectivity index (χ4n) is 2.53. The molecule has 18 heavy (non-hydrogen) atoms. The molecule has 1 aromatic carbocycles. The zero-order valence-corrected chi connectivity index (χ0v) is 11.5. The van der Waals surface area contributed by atoms with E-state index in [9.17, 15) is 4.79 Å². The highest BCUT2D eigenvalue weighted by Gasteiger charge is 2.25. The first-order valence-electron chi connectivity index (χ1n) is 6.35. The van der Waals surface area contributed by atoms with Crippen LogP contribution in [0.4, 0.5) is 0 Å². The number of hydrogen-bond acceptors (Lipinski definition) is 3. The van der Waals surface area contributed by atoms with Gasteiger partial charge in [0, 0.05) is 23.4 Å². The van der Waals surface area contributed by atoms with Crippen LogP contribution >= 0.6 is 11.8 Å². The van der Waals surface area contributed by atoms with Gasteiger partial charge in [-0.25, -0.2) is 0 Å². The van der Waals surface area contributed by atoms with Crippen LogP contribution in [0.1, 0.15) is 35.2 Å². The number of rotatable bonds is 5. The molecule has 0 heterocycles. The third-order valence-corrected chi connectivity index (χ3v) is 4.70. The average Bonchev–Trinajstić information content (AvgIpc) is 2.84. The Morgan fingerprint density at radius 2 is 2.33 bits per heavy atom. The second kappa shape index (κ2) is 6.25. The third kappa shape index (κ3) is 3.27. The molecule has 1 fully saturated rings. The highest BCUT2D eigenvalue weighted by Crippen LogP contribution is 2.28. The number of thioether (sulfide) groups is 1. The molecule has 3 N–H and O–H groups in total. The Hall–Kier alpha value is -1.00. The third-order valence-electron chi connectivity index (χ3n) is 3.54. The number of primary amides is 1. The zero-order chi connectivity index (χ0) is 13.0. The lowest BCUT2D eigenvalue weighted by atomic mass is 10.1. The van der Waals surface area contributed by atoms with Gasteiger partial charge in [-0.05, 0) is 36.8 Å². The van der Waals surface area contributed by atoms with Gasteiger partial charge in [0.2, 0.25) is 5.91 Å². The summed E-state index contributed by atoms with van der Waals surface area (Å²) in [5.41, 5.74) is 6.99.